The summed E-state index contributed by atoms with van der Waals surface area (Å²) < 4.78 is 32.1. The molecule has 47 heavy (non-hydrogen) atoms. The maximum atomic E-state index is 14.4. The standard InChI is InChI=1S/C32H31Cl2N5O7S/c1-47(43,44)38-25-11-4-5-12-26(25)39-28(23-14-13-20(33)16-24(23)34)27(21-9-2-3-10-22(21)31(39)41)30(40)37-45-17-18-7-6-8-19(15-18)29-35-32(42)46-36-29/h2-3,6-10,13-16,25-28,38H,4-5,11-12,17H2,1H3,(H,37,40)(H,35,36,42). The number of benzene rings is 3. The number of aromatic nitrogens is 2. The molecule has 15 heteroatoms. The van der Waals surface area contributed by atoms with E-state index in [4.69, 9.17) is 28.0 Å². The minimum Gasteiger partial charge on any atom is -0.326 e. The van der Waals surface area contributed by atoms with Gasteiger partial charge in [-0.2, -0.15) is 0 Å². The van der Waals surface area contributed by atoms with Gasteiger partial charge in [-0.3, -0.25) is 23.9 Å². The zero-order chi connectivity index (χ0) is 33.3. The normalized spacial score (nSPS) is 21.3. The number of carbonyl (C=O) groups excluding carboxylic acids is 2. The summed E-state index contributed by atoms with van der Waals surface area (Å²) in [5.74, 6) is -2.30. The maximum absolute atomic E-state index is 14.4. The summed E-state index contributed by atoms with van der Waals surface area (Å²) >= 11 is 13.0. The number of hydrogen-bond acceptors (Lipinski definition) is 8. The quantitative estimate of drug-likeness (QED) is 0.211. The third-order valence-electron chi connectivity index (χ3n) is 8.44. The van der Waals surface area contributed by atoms with Crippen LogP contribution in [0.2, 0.25) is 10.0 Å². The molecule has 1 aliphatic carbocycles. The van der Waals surface area contributed by atoms with E-state index in [1.807, 2.05) is 0 Å². The van der Waals surface area contributed by atoms with Gasteiger partial charge in [0, 0.05) is 33.3 Å². The van der Waals surface area contributed by atoms with Crippen LogP contribution in [0.5, 0.6) is 0 Å². The molecule has 2 aliphatic rings. The Labute approximate surface area is 280 Å². The zero-order valence-corrected chi connectivity index (χ0v) is 27.4. The van der Waals surface area contributed by atoms with Crippen LogP contribution in [-0.4, -0.2) is 53.6 Å². The van der Waals surface area contributed by atoms with Crippen molar-refractivity contribution in [2.45, 2.75) is 56.3 Å². The van der Waals surface area contributed by atoms with Gasteiger partial charge >= 0.3 is 5.76 Å². The van der Waals surface area contributed by atoms with E-state index in [1.165, 1.54) is 0 Å². The van der Waals surface area contributed by atoms with Gasteiger partial charge in [0.2, 0.25) is 10.0 Å². The molecule has 4 aromatic rings. The molecule has 1 saturated carbocycles. The molecule has 246 valence electrons. The van der Waals surface area contributed by atoms with Gasteiger partial charge in [0.1, 0.15) is 0 Å². The van der Waals surface area contributed by atoms with Crippen molar-refractivity contribution < 1.29 is 27.4 Å². The van der Waals surface area contributed by atoms with Gasteiger partial charge in [-0.05, 0) is 53.8 Å². The monoisotopic (exact) mass is 699 g/mol. The molecule has 6 rings (SSSR count). The van der Waals surface area contributed by atoms with Gasteiger partial charge < -0.3 is 4.90 Å². The van der Waals surface area contributed by atoms with E-state index < -0.39 is 45.7 Å². The number of H-pyrrole nitrogens is 1. The summed E-state index contributed by atoms with van der Waals surface area (Å²) in [4.78, 5) is 49.8. The number of aromatic amines is 1. The van der Waals surface area contributed by atoms with Crippen molar-refractivity contribution >= 4 is 45.0 Å². The minimum atomic E-state index is -3.61. The first-order chi connectivity index (χ1) is 22.5. The third kappa shape index (κ3) is 7.14. The van der Waals surface area contributed by atoms with Crippen LogP contribution in [0.15, 0.2) is 76.0 Å². The van der Waals surface area contributed by atoms with Crippen LogP contribution >= 0.6 is 23.2 Å². The smallest absolute Gasteiger partial charge is 0.326 e. The first kappa shape index (κ1) is 32.9. The molecule has 0 radical (unpaired) electrons. The number of rotatable bonds is 9. The van der Waals surface area contributed by atoms with E-state index in [9.17, 15) is 22.8 Å². The van der Waals surface area contributed by atoms with Crippen molar-refractivity contribution in [1.82, 2.24) is 25.2 Å². The average molecular weight is 701 g/mol. The summed E-state index contributed by atoms with van der Waals surface area (Å²) in [6.07, 6.45) is 3.67. The van der Waals surface area contributed by atoms with Gasteiger partial charge in [0.25, 0.3) is 11.8 Å². The Balaban J connectivity index is 1.36. The van der Waals surface area contributed by atoms with Gasteiger partial charge in [-0.1, -0.05) is 83.7 Å². The van der Waals surface area contributed by atoms with Gasteiger partial charge in [-0.25, -0.2) is 23.4 Å². The van der Waals surface area contributed by atoms with Crippen molar-refractivity contribution in [3.8, 4) is 11.4 Å². The second kappa shape index (κ2) is 13.6. The van der Waals surface area contributed by atoms with Crippen molar-refractivity contribution in [1.29, 1.82) is 0 Å². The Morgan fingerprint density at radius 1 is 1.04 bits per heavy atom. The molecule has 12 nitrogen and oxygen atoms in total. The number of sulfonamides is 1. The van der Waals surface area contributed by atoms with Crippen LogP contribution in [0.25, 0.3) is 11.4 Å². The van der Waals surface area contributed by atoms with Crippen molar-refractivity contribution in [2.24, 2.45) is 0 Å². The molecular weight excluding hydrogens is 669 g/mol. The van der Waals surface area contributed by atoms with Crippen molar-refractivity contribution in [3.63, 3.8) is 0 Å². The summed E-state index contributed by atoms with van der Waals surface area (Å²) in [5, 5.41) is 4.33. The van der Waals surface area contributed by atoms with Crippen LogP contribution < -0.4 is 16.0 Å². The molecule has 3 N–H and O–H groups in total. The number of hydroxylamine groups is 1. The highest BCUT2D eigenvalue weighted by atomic mass is 35.5. The lowest BCUT2D eigenvalue weighted by Crippen LogP contribution is -2.59. The van der Waals surface area contributed by atoms with Crippen LogP contribution in [0, 0.1) is 0 Å². The van der Waals surface area contributed by atoms with E-state index in [0.29, 0.717) is 45.7 Å². The van der Waals surface area contributed by atoms with Crippen LogP contribution in [0.4, 0.5) is 0 Å². The van der Waals surface area contributed by atoms with Gasteiger partial charge in [0.05, 0.1) is 24.8 Å². The molecule has 1 aliphatic heterocycles. The Morgan fingerprint density at radius 3 is 2.57 bits per heavy atom. The molecule has 0 saturated heterocycles. The number of nitrogens with zero attached hydrogens (tertiary/aromatic N) is 2. The molecular formula is C32H31Cl2N5O7S. The molecule has 0 bridgehead atoms. The molecule has 2 amide bonds. The van der Waals surface area contributed by atoms with Crippen LogP contribution in [0.1, 0.15) is 64.7 Å². The Kier molecular flexibility index (Phi) is 9.53. The highest BCUT2D eigenvalue weighted by molar-refractivity contribution is 7.88. The van der Waals surface area contributed by atoms with E-state index in [2.05, 4.69) is 24.9 Å². The second-order valence-corrected chi connectivity index (χ2v) is 14.3. The fourth-order valence-corrected chi connectivity index (χ4v) is 7.89. The summed E-state index contributed by atoms with van der Waals surface area (Å²) in [5.41, 5.74) is 5.11. The predicted octanol–water partition coefficient (Wildman–Crippen LogP) is 4.73. The molecule has 2 heterocycles. The highest BCUT2D eigenvalue weighted by Crippen LogP contribution is 2.47. The molecule has 1 fully saturated rings. The number of carbonyl (C=O) groups is 2. The van der Waals surface area contributed by atoms with E-state index in [0.717, 1.165) is 19.1 Å². The zero-order valence-electron chi connectivity index (χ0n) is 25.1. The summed E-state index contributed by atoms with van der Waals surface area (Å²) in [6.45, 7) is -0.0337. The molecule has 3 aromatic carbocycles. The molecule has 0 spiro atoms. The average Bonchev–Trinajstić information content (AvgIpc) is 3.47. The highest BCUT2D eigenvalue weighted by Gasteiger charge is 2.49. The van der Waals surface area contributed by atoms with E-state index >= 15 is 0 Å². The fraction of sp³-hybridized carbons (Fsp3) is 0.312. The number of hydrogen-bond donors (Lipinski definition) is 3. The lowest BCUT2D eigenvalue weighted by molar-refractivity contribution is -0.138. The Bertz CT molecular complexity index is 1980. The topological polar surface area (TPSA) is 164 Å². The number of amides is 2. The van der Waals surface area contributed by atoms with E-state index in [1.54, 1.807) is 71.6 Å². The molecule has 1 aromatic heterocycles. The first-order valence-electron chi connectivity index (χ1n) is 14.9. The third-order valence-corrected chi connectivity index (χ3v) is 9.74. The lowest BCUT2D eigenvalue weighted by atomic mass is 9.76. The minimum absolute atomic E-state index is 0.0337. The Morgan fingerprint density at radius 2 is 1.83 bits per heavy atom. The van der Waals surface area contributed by atoms with Crippen LogP contribution in [0.3, 0.4) is 0 Å². The summed E-state index contributed by atoms with van der Waals surface area (Å²) in [7, 11) is -3.61. The molecule has 4 unspecified atom stereocenters. The molecule has 4 atom stereocenters. The number of fused-ring (bicyclic) bond motifs is 1. The lowest BCUT2D eigenvalue weighted by Gasteiger charge is -2.49. The Hall–Kier alpha value is -4.01. The van der Waals surface area contributed by atoms with Crippen molar-refractivity contribution in [3.05, 3.63) is 110 Å². The largest absolute Gasteiger partial charge is 0.439 e. The van der Waals surface area contributed by atoms with E-state index in [-0.39, 0.29) is 23.4 Å². The first-order valence-corrected chi connectivity index (χ1v) is 17.6. The number of nitrogens with one attached hydrogen (secondary N) is 3. The maximum Gasteiger partial charge on any atom is 0.439 e. The SMILES string of the molecule is CS(=O)(=O)NC1CCCCC1N1C(=O)c2ccccc2C(C(=O)NOCc2cccc(-c3noc(=O)[nH]3)c2)C1c1ccc(Cl)cc1Cl. The van der Waals surface area contributed by atoms with Crippen LogP contribution in [-0.2, 0) is 26.3 Å². The summed E-state index contributed by atoms with van der Waals surface area (Å²) in [6, 6.07) is 16.6. The van der Waals surface area contributed by atoms with Crippen molar-refractivity contribution in [2.75, 3.05) is 6.26 Å². The van der Waals surface area contributed by atoms with Gasteiger partial charge in [0.15, 0.2) is 5.82 Å². The second-order valence-electron chi connectivity index (χ2n) is 11.6. The number of halogens is 2. The van der Waals surface area contributed by atoms with Gasteiger partial charge in [-0.15, -0.1) is 0 Å². The fourth-order valence-electron chi connectivity index (χ4n) is 6.54. The predicted molar refractivity (Wildman–Crippen MR) is 174 cm³/mol.